The van der Waals surface area contributed by atoms with Gasteiger partial charge in [-0.05, 0) is 41.5 Å². The first-order valence-electron chi connectivity index (χ1n) is 10.8. The van der Waals surface area contributed by atoms with E-state index in [9.17, 15) is 13.2 Å². The number of carbonyl (C=O) groups excluding carboxylic acids is 1. The third kappa shape index (κ3) is 6.07. The molecule has 0 unspecified atom stereocenters. The first-order valence-corrected chi connectivity index (χ1v) is 12.2. The van der Waals surface area contributed by atoms with Gasteiger partial charge in [0.15, 0.2) is 0 Å². The fourth-order valence-corrected chi connectivity index (χ4v) is 4.84. The number of sulfonamides is 1. The Bertz CT molecular complexity index is 1260. The van der Waals surface area contributed by atoms with Crippen molar-refractivity contribution in [1.82, 2.24) is 9.73 Å². The molecule has 0 spiro atoms. The molecule has 4 rings (SSSR count). The highest BCUT2D eigenvalue weighted by molar-refractivity contribution is 7.89. The number of nitrogens with one attached hydrogen (secondary N) is 1. The second kappa shape index (κ2) is 11.1. The van der Waals surface area contributed by atoms with E-state index in [1.165, 1.54) is 22.7 Å². The van der Waals surface area contributed by atoms with Gasteiger partial charge < -0.3 is 9.47 Å². The fraction of sp³-hybridized carbons (Fsp3) is 0.200. The molecule has 0 atom stereocenters. The van der Waals surface area contributed by atoms with Crippen LogP contribution in [0.1, 0.15) is 21.5 Å². The molecule has 0 aliphatic carbocycles. The molecule has 0 saturated carbocycles. The van der Waals surface area contributed by atoms with E-state index in [-0.39, 0.29) is 23.5 Å². The normalized spacial score (nSPS) is 14.7. The van der Waals surface area contributed by atoms with Crippen LogP contribution in [0.15, 0.2) is 88.9 Å². The standard InChI is InChI=1S/C25H25N3O5S/c29-25(22-9-5-11-24(17-22)34(30,31)28-12-14-32-15-13-28)27-26-18-21-8-4-10-23(16-21)33-19-20-6-2-1-3-7-20/h1-11,16-18H,12-15,19H2,(H,27,29). The molecule has 3 aromatic rings. The molecule has 1 aliphatic rings. The summed E-state index contributed by atoms with van der Waals surface area (Å²) in [6, 6.07) is 23.1. The van der Waals surface area contributed by atoms with Crippen LogP contribution >= 0.6 is 0 Å². The summed E-state index contributed by atoms with van der Waals surface area (Å²) in [5.74, 6) is 0.173. The zero-order valence-electron chi connectivity index (χ0n) is 18.5. The summed E-state index contributed by atoms with van der Waals surface area (Å²) in [4.78, 5) is 12.6. The number of ether oxygens (including phenoxy) is 2. The van der Waals surface area contributed by atoms with Crippen LogP contribution in [0.2, 0.25) is 0 Å². The summed E-state index contributed by atoms with van der Waals surface area (Å²) in [5, 5.41) is 4.00. The largest absolute Gasteiger partial charge is 0.489 e. The molecular weight excluding hydrogens is 454 g/mol. The van der Waals surface area contributed by atoms with Gasteiger partial charge in [0, 0.05) is 18.7 Å². The van der Waals surface area contributed by atoms with E-state index in [0.29, 0.717) is 25.6 Å². The van der Waals surface area contributed by atoms with Gasteiger partial charge in [0.05, 0.1) is 24.3 Å². The lowest BCUT2D eigenvalue weighted by Gasteiger charge is -2.26. The highest BCUT2D eigenvalue weighted by Gasteiger charge is 2.26. The van der Waals surface area contributed by atoms with Crippen LogP contribution in [-0.4, -0.2) is 51.1 Å². The molecular formula is C25H25N3O5S. The highest BCUT2D eigenvalue weighted by Crippen LogP contribution is 2.18. The molecule has 8 nitrogen and oxygen atoms in total. The van der Waals surface area contributed by atoms with Crippen molar-refractivity contribution in [2.45, 2.75) is 11.5 Å². The Morgan fingerprint density at radius 2 is 1.76 bits per heavy atom. The van der Waals surface area contributed by atoms with Crippen molar-refractivity contribution in [2.75, 3.05) is 26.3 Å². The van der Waals surface area contributed by atoms with Crippen LogP contribution in [0.3, 0.4) is 0 Å². The number of rotatable bonds is 8. The second-order valence-corrected chi connectivity index (χ2v) is 9.53. The number of hydrogen-bond acceptors (Lipinski definition) is 6. The predicted octanol–water partition coefficient (Wildman–Crippen LogP) is 3.05. The number of hydrogen-bond donors (Lipinski definition) is 1. The van der Waals surface area contributed by atoms with Gasteiger partial charge in [-0.3, -0.25) is 4.79 Å². The van der Waals surface area contributed by atoms with Crippen molar-refractivity contribution in [3.63, 3.8) is 0 Å². The Labute approximate surface area is 198 Å². The maximum absolute atomic E-state index is 12.8. The molecule has 3 aromatic carbocycles. The molecule has 0 radical (unpaired) electrons. The maximum atomic E-state index is 12.8. The molecule has 176 valence electrons. The molecule has 34 heavy (non-hydrogen) atoms. The van der Waals surface area contributed by atoms with Crippen LogP contribution in [0.25, 0.3) is 0 Å². The van der Waals surface area contributed by atoms with E-state index in [1.807, 2.05) is 54.6 Å². The summed E-state index contributed by atoms with van der Waals surface area (Å²) in [6.07, 6.45) is 1.50. The van der Waals surface area contributed by atoms with Crippen molar-refractivity contribution in [3.05, 3.63) is 95.6 Å². The average Bonchev–Trinajstić information content (AvgIpc) is 2.89. The van der Waals surface area contributed by atoms with Crippen molar-refractivity contribution in [3.8, 4) is 5.75 Å². The molecule has 0 bridgehead atoms. The van der Waals surface area contributed by atoms with Gasteiger partial charge in [0.1, 0.15) is 12.4 Å². The monoisotopic (exact) mass is 479 g/mol. The van der Waals surface area contributed by atoms with Crippen LogP contribution in [0.4, 0.5) is 0 Å². The van der Waals surface area contributed by atoms with Crippen LogP contribution in [0, 0.1) is 0 Å². The molecule has 0 aromatic heterocycles. The first-order chi connectivity index (χ1) is 16.5. The van der Waals surface area contributed by atoms with Gasteiger partial charge in [-0.1, -0.05) is 48.5 Å². The number of hydrazone groups is 1. The highest BCUT2D eigenvalue weighted by atomic mass is 32.2. The number of amides is 1. The third-order valence-electron chi connectivity index (χ3n) is 5.19. The van der Waals surface area contributed by atoms with Gasteiger partial charge in [-0.25, -0.2) is 13.8 Å². The molecule has 1 aliphatic heterocycles. The molecule has 1 fully saturated rings. The Balaban J connectivity index is 1.37. The molecule has 1 amide bonds. The maximum Gasteiger partial charge on any atom is 0.271 e. The summed E-state index contributed by atoms with van der Waals surface area (Å²) < 4.78 is 38.1. The summed E-state index contributed by atoms with van der Waals surface area (Å²) >= 11 is 0. The number of benzene rings is 3. The first kappa shape index (κ1) is 23.6. The SMILES string of the molecule is O=C(NN=Cc1cccc(OCc2ccccc2)c1)c1cccc(S(=O)(=O)N2CCOCC2)c1. The molecule has 9 heteroatoms. The van der Waals surface area contributed by atoms with E-state index in [1.54, 1.807) is 12.1 Å². The van der Waals surface area contributed by atoms with Gasteiger partial charge >= 0.3 is 0 Å². The lowest BCUT2D eigenvalue weighted by molar-refractivity contribution is 0.0730. The topological polar surface area (TPSA) is 97.3 Å². The lowest BCUT2D eigenvalue weighted by Crippen LogP contribution is -2.40. The zero-order valence-corrected chi connectivity index (χ0v) is 19.3. The van der Waals surface area contributed by atoms with E-state index >= 15 is 0 Å². The van der Waals surface area contributed by atoms with E-state index in [2.05, 4.69) is 10.5 Å². The quantitative estimate of drug-likeness (QED) is 0.396. The summed E-state index contributed by atoms with van der Waals surface area (Å²) in [5.41, 5.74) is 4.45. The van der Waals surface area contributed by atoms with Gasteiger partial charge in [-0.2, -0.15) is 9.41 Å². The Morgan fingerprint density at radius 1 is 1.00 bits per heavy atom. The predicted molar refractivity (Wildman–Crippen MR) is 128 cm³/mol. The van der Waals surface area contributed by atoms with Crippen molar-refractivity contribution >= 4 is 22.1 Å². The van der Waals surface area contributed by atoms with Crippen molar-refractivity contribution in [2.24, 2.45) is 5.10 Å². The summed E-state index contributed by atoms with van der Waals surface area (Å²) in [7, 11) is -3.69. The van der Waals surface area contributed by atoms with Gasteiger partial charge in [-0.15, -0.1) is 0 Å². The minimum Gasteiger partial charge on any atom is -0.489 e. The average molecular weight is 480 g/mol. The van der Waals surface area contributed by atoms with Crippen LogP contribution < -0.4 is 10.2 Å². The smallest absolute Gasteiger partial charge is 0.271 e. The van der Waals surface area contributed by atoms with Crippen molar-refractivity contribution in [1.29, 1.82) is 0 Å². The molecule has 1 N–H and O–H groups in total. The minimum absolute atomic E-state index is 0.0642. The summed E-state index contributed by atoms with van der Waals surface area (Å²) in [6.45, 7) is 1.73. The lowest BCUT2D eigenvalue weighted by atomic mass is 10.2. The van der Waals surface area contributed by atoms with Crippen LogP contribution in [0.5, 0.6) is 5.75 Å². The van der Waals surface area contributed by atoms with E-state index in [4.69, 9.17) is 9.47 Å². The zero-order chi connectivity index (χ0) is 23.8. The van der Waals surface area contributed by atoms with Crippen LogP contribution in [-0.2, 0) is 21.4 Å². The number of nitrogens with zero attached hydrogens (tertiary/aromatic N) is 2. The fourth-order valence-electron chi connectivity index (χ4n) is 3.39. The van der Waals surface area contributed by atoms with E-state index < -0.39 is 15.9 Å². The number of morpholine rings is 1. The third-order valence-corrected chi connectivity index (χ3v) is 7.08. The van der Waals surface area contributed by atoms with E-state index in [0.717, 1.165) is 11.1 Å². The Kier molecular flexibility index (Phi) is 7.69. The Hall–Kier alpha value is -3.53. The van der Waals surface area contributed by atoms with Gasteiger partial charge in [0.25, 0.3) is 5.91 Å². The van der Waals surface area contributed by atoms with Gasteiger partial charge in [0.2, 0.25) is 10.0 Å². The number of carbonyl (C=O) groups is 1. The molecule has 1 heterocycles. The second-order valence-electron chi connectivity index (χ2n) is 7.59. The molecule has 1 saturated heterocycles. The minimum atomic E-state index is -3.69. The van der Waals surface area contributed by atoms with Crippen molar-refractivity contribution < 1.29 is 22.7 Å². The Morgan fingerprint density at radius 3 is 2.56 bits per heavy atom.